The van der Waals surface area contributed by atoms with E-state index in [1.165, 1.54) is 6.07 Å². The van der Waals surface area contributed by atoms with Crippen LogP contribution in [0.2, 0.25) is 5.15 Å². The fourth-order valence-corrected chi connectivity index (χ4v) is 2.01. The van der Waals surface area contributed by atoms with Crippen LogP contribution in [0.1, 0.15) is 16.7 Å². The van der Waals surface area contributed by atoms with Crippen molar-refractivity contribution in [3.05, 3.63) is 62.4 Å². The second-order valence-corrected chi connectivity index (χ2v) is 4.85. The Labute approximate surface area is 121 Å². The number of nitro benzene ring substituents is 1. The SMILES string of the molecule is Cc1cc(C)c(OCc2ccc(Cl)nc2)c([N+](=O)[O-])c1. The van der Waals surface area contributed by atoms with E-state index in [9.17, 15) is 10.1 Å². The molecule has 0 aliphatic heterocycles. The van der Waals surface area contributed by atoms with E-state index in [4.69, 9.17) is 16.3 Å². The van der Waals surface area contributed by atoms with E-state index in [1.54, 1.807) is 25.3 Å². The van der Waals surface area contributed by atoms with Gasteiger partial charge in [-0.3, -0.25) is 10.1 Å². The minimum Gasteiger partial charge on any atom is -0.482 e. The molecule has 104 valence electrons. The van der Waals surface area contributed by atoms with Crippen molar-refractivity contribution in [2.75, 3.05) is 0 Å². The molecule has 0 fully saturated rings. The van der Waals surface area contributed by atoms with E-state index in [-0.39, 0.29) is 18.0 Å². The highest BCUT2D eigenvalue weighted by atomic mass is 35.5. The number of aromatic nitrogens is 1. The molecule has 1 aromatic carbocycles. The molecule has 0 unspecified atom stereocenters. The number of halogens is 1. The lowest BCUT2D eigenvalue weighted by molar-refractivity contribution is -0.386. The Morgan fingerprint density at radius 3 is 2.70 bits per heavy atom. The summed E-state index contributed by atoms with van der Waals surface area (Å²) >= 11 is 5.70. The molecular weight excluding hydrogens is 280 g/mol. The average molecular weight is 293 g/mol. The van der Waals surface area contributed by atoms with Gasteiger partial charge in [-0.2, -0.15) is 0 Å². The molecule has 1 aromatic heterocycles. The van der Waals surface area contributed by atoms with Crippen molar-refractivity contribution in [3.63, 3.8) is 0 Å². The average Bonchev–Trinajstić information content (AvgIpc) is 2.38. The van der Waals surface area contributed by atoms with Crippen molar-refractivity contribution < 1.29 is 9.66 Å². The van der Waals surface area contributed by atoms with E-state index in [0.29, 0.717) is 5.15 Å². The molecule has 0 spiro atoms. The minimum absolute atomic E-state index is 0.0237. The first-order valence-electron chi connectivity index (χ1n) is 5.96. The Bertz CT molecular complexity index is 642. The smallest absolute Gasteiger partial charge is 0.311 e. The normalized spacial score (nSPS) is 10.3. The lowest BCUT2D eigenvalue weighted by Gasteiger charge is -2.10. The summed E-state index contributed by atoms with van der Waals surface area (Å²) in [5, 5.41) is 11.5. The molecule has 0 saturated heterocycles. The standard InChI is InChI=1S/C14H13ClN2O3/c1-9-5-10(2)14(12(6-9)17(18)19)20-8-11-3-4-13(15)16-7-11/h3-7H,8H2,1-2H3. The molecule has 6 heteroatoms. The maximum Gasteiger partial charge on any atom is 0.311 e. The summed E-state index contributed by atoms with van der Waals surface area (Å²) in [7, 11) is 0. The maximum atomic E-state index is 11.1. The Hall–Kier alpha value is -2.14. The van der Waals surface area contributed by atoms with Gasteiger partial charge in [0.15, 0.2) is 5.75 Å². The third-order valence-electron chi connectivity index (χ3n) is 2.77. The van der Waals surface area contributed by atoms with Crippen LogP contribution in [0.4, 0.5) is 5.69 Å². The van der Waals surface area contributed by atoms with Crippen LogP contribution in [-0.4, -0.2) is 9.91 Å². The van der Waals surface area contributed by atoms with Gasteiger partial charge in [0.05, 0.1) is 4.92 Å². The third-order valence-corrected chi connectivity index (χ3v) is 2.99. The van der Waals surface area contributed by atoms with Gasteiger partial charge < -0.3 is 4.74 Å². The zero-order valence-electron chi connectivity index (χ0n) is 11.1. The molecule has 20 heavy (non-hydrogen) atoms. The number of hydrogen-bond acceptors (Lipinski definition) is 4. The van der Waals surface area contributed by atoms with Crippen LogP contribution in [0.5, 0.6) is 5.75 Å². The van der Waals surface area contributed by atoms with Crippen molar-refractivity contribution in [2.24, 2.45) is 0 Å². The summed E-state index contributed by atoms with van der Waals surface area (Å²) in [6.45, 7) is 3.80. The van der Waals surface area contributed by atoms with Crippen LogP contribution in [0, 0.1) is 24.0 Å². The molecular formula is C14H13ClN2O3. The summed E-state index contributed by atoms with van der Waals surface area (Å²) in [6, 6.07) is 6.77. The summed E-state index contributed by atoms with van der Waals surface area (Å²) in [5.41, 5.74) is 2.33. The van der Waals surface area contributed by atoms with Crippen LogP contribution in [0.25, 0.3) is 0 Å². The van der Waals surface area contributed by atoms with Gasteiger partial charge in [-0.05, 0) is 31.0 Å². The van der Waals surface area contributed by atoms with Crippen LogP contribution in [-0.2, 0) is 6.61 Å². The largest absolute Gasteiger partial charge is 0.482 e. The Morgan fingerprint density at radius 1 is 1.35 bits per heavy atom. The quantitative estimate of drug-likeness (QED) is 0.488. The topological polar surface area (TPSA) is 65.3 Å². The molecule has 0 radical (unpaired) electrons. The van der Waals surface area contributed by atoms with Gasteiger partial charge in [-0.15, -0.1) is 0 Å². The maximum absolute atomic E-state index is 11.1. The fourth-order valence-electron chi connectivity index (χ4n) is 1.90. The zero-order valence-corrected chi connectivity index (χ0v) is 11.8. The van der Waals surface area contributed by atoms with E-state index in [2.05, 4.69) is 4.98 Å². The van der Waals surface area contributed by atoms with Crippen molar-refractivity contribution in [2.45, 2.75) is 20.5 Å². The monoisotopic (exact) mass is 292 g/mol. The molecule has 0 N–H and O–H groups in total. The van der Waals surface area contributed by atoms with Crippen LogP contribution < -0.4 is 4.74 Å². The summed E-state index contributed by atoms with van der Waals surface area (Å²) in [4.78, 5) is 14.6. The number of ether oxygens (including phenoxy) is 1. The Morgan fingerprint density at radius 2 is 2.10 bits per heavy atom. The van der Waals surface area contributed by atoms with Gasteiger partial charge >= 0.3 is 5.69 Å². The van der Waals surface area contributed by atoms with Crippen molar-refractivity contribution in [3.8, 4) is 5.75 Å². The van der Waals surface area contributed by atoms with Crippen LogP contribution >= 0.6 is 11.6 Å². The number of pyridine rings is 1. The molecule has 1 heterocycles. The van der Waals surface area contributed by atoms with Crippen LogP contribution in [0.15, 0.2) is 30.5 Å². The van der Waals surface area contributed by atoms with E-state index < -0.39 is 4.92 Å². The Balaban J connectivity index is 2.24. The zero-order chi connectivity index (χ0) is 14.7. The second kappa shape index (κ2) is 5.88. The lowest BCUT2D eigenvalue weighted by atomic mass is 10.1. The van der Waals surface area contributed by atoms with Gasteiger partial charge in [0.25, 0.3) is 0 Å². The lowest BCUT2D eigenvalue weighted by Crippen LogP contribution is -2.02. The summed E-state index contributed by atoms with van der Waals surface area (Å²) in [5.74, 6) is 0.288. The molecule has 0 aliphatic rings. The Kier molecular flexibility index (Phi) is 4.20. The first kappa shape index (κ1) is 14.3. The molecule has 0 bridgehead atoms. The molecule has 0 amide bonds. The highest BCUT2D eigenvalue weighted by Gasteiger charge is 2.18. The number of rotatable bonds is 4. The van der Waals surface area contributed by atoms with Crippen molar-refractivity contribution >= 4 is 17.3 Å². The number of benzene rings is 1. The van der Waals surface area contributed by atoms with Gasteiger partial charge in [-0.25, -0.2) is 4.98 Å². The van der Waals surface area contributed by atoms with Gasteiger partial charge in [0.2, 0.25) is 0 Å². The highest BCUT2D eigenvalue weighted by molar-refractivity contribution is 6.29. The number of aryl methyl sites for hydroxylation is 2. The van der Waals surface area contributed by atoms with Crippen molar-refractivity contribution in [1.82, 2.24) is 4.98 Å². The van der Waals surface area contributed by atoms with Gasteiger partial charge in [-0.1, -0.05) is 23.7 Å². The molecule has 0 aliphatic carbocycles. The highest BCUT2D eigenvalue weighted by Crippen LogP contribution is 2.32. The number of nitrogens with zero attached hydrogens (tertiary/aromatic N) is 2. The molecule has 2 rings (SSSR count). The van der Waals surface area contributed by atoms with Crippen LogP contribution in [0.3, 0.4) is 0 Å². The fraction of sp³-hybridized carbons (Fsp3) is 0.214. The summed E-state index contributed by atoms with van der Waals surface area (Å²) in [6.07, 6.45) is 1.58. The predicted molar refractivity (Wildman–Crippen MR) is 76.1 cm³/mol. The predicted octanol–water partition coefficient (Wildman–Crippen LogP) is 3.84. The molecule has 2 aromatic rings. The van der Waals surface area contributed by atoms with Gasteiger partial charge in [0, 0.05) is 17.8 Å². The van der Waals surface area contributed by atoms with E-state index in [0.717, 1.165) is 16.7 Å². The molecule has 5 nitrogen and oxygen atoms in total. The first-order chi connectivity index (χ1) is 9.47. The first-order valence-corrected chi connectivity index (χ1v) is 6.34. The third kappa shape index (κ3) is 3.24. The van der Waals surface area contributed by atoms with Gasteiger partial charge in [0.1, 0.15) is 11.8 Å². The summed E-state index contributed by atoms with van der Waals surface area (Å²) < 4.78 is 5.59. The number of nitro groups is 1. The number of hydrogen-bond donors (Lipinski definition) is 0. The minimum atomic E-state index is -0.435. The van der Waals surface area contributed by atoms with Crippen molar-refractivity contribution in [1.29, 1.82) is 0 Å². The second-order valence-electron chi connectivity index (χ2n) is 4.47. The van der Waals surface area contributed by atoms with E-state index in [1.807, 2.05) is 13.0 Å². The molecule has 0 saturated carbocycles. The van der Waals surface area contributed by atoms with E-state index >= 15 is 0 Å². The molecule has 0 atom stereocenters.